The van der Waals surface area contributed by atoms with E-state index in [4.69, 9.17) is 15.2 Å². The SMILES string of the molecule is Cl.Cn1nc(-c2ccc(OC/C(=C/F)CN)cc2)nc1N1CCOCC1. The standard InChI is InChI=1S/C17H22FN5O2.ClH/c1-22-17(23-6-8-24-9-7-23)20-16(21-22)14-2-4-15(5-3-14)25-12-13(10-18)11-19;/h2-5,10H,6-9,11-12,19H2,1H3;1H/b13-10+;. The highest BCUT2D eigenvalue weighted by molar-refractivity contribution is 5.85. The summed E-state index contributed by atoms with van der Waals surface area (Å²) in [7, 11) is 1.89. The molecular weight excluding hydrogens is 361 g/mol. The molecule has 1 aromatic heterocycles. The lowest BCUT2D eigenvalue weighted by Crippen LogP contribution is -2.37. The third-order valence-electron chi connectivity index (χ3n) is 3.99. The van der Waals surface area contributed by atoms with E-state index in [0.717, 1.165) is 24.6 Å². The van der Waals surface area contributed by atoms with Crippen LogP contribution < -0.4 is 15.4 Å². The fraction of sp³-hybridized carbons (Fsp3) is 0.412. The summed E-state index contributed by atoms with van der Waals surface area (Å²) < 4.78 is 25.2. The quantitative estimate of drug-likeness (QED) is 0.821. The van der Waals surface area contributed by atoms with E-state index in [1.54, 1.807) is 4.68 Å². The molecule has 1 aromatic carbocycles. The van der Waals surface area contributed by atoms with Crippen LogP contribution in [0, 0.1) is 0 Å². The first-order chi connectivity index (χ1) is 12.2. The second kappa shape index (κ2) is 9.51. The molecule has 2 aromatic rings. The van der Waals surface area contributed by atoms with Gasteiger partial charge in [0.1, 0.15) is 12.4 Å². The molecule has 0 radical (unpaired) electrons. The summed E-state index contributed by atoms with van der Waals surface area (Å²) >= 11 is 0. The van der Waals surface area contributed by atoms with E-state index in [0.29, 0.717) is 36.7 Å². The highest BCUT2D eigenvalue weighted by atomic mass is 35.5. The molecule has 0 atom stereocenters. The number of ether oxygens (including phenoxy) is 2. The van der Waals surface area contributed by atoms with Crippen molar-refractivity contribution in [2.75, 3.05) is 44.4 Å². The Morgan fingerprint density at radius 3 is 2.62 bits per heavy atom. The number of aromatic nitrogens is 3. The van der Waals surface area contributed by atoms with Crippen molar-refractivity contribution in [2.45, 2.75) is 0 Å². The minimum Gasteiger partial charge on any atom is -0.489 e. The molecular formula is C17H23ClFN5O2. The second-order valence-electron chi connectivity index (χ2n) is 5.74. The summed E-state index contributed by atoms with van der Waals surface area (Å²) in [6.07, 6.45) is 0.485. The Morgan fingerprint density at radius 1 is 1.31 bits per heavy atom. The summed E-state index contributed by atoms with van der Waals surface area (Å²) in [5.41, 5.74) is 6.71. The number of hydrogen-bond donors (Lipinski definition) is 1. The van der Waals surface area contributed by atoms with Crippen molar-refractivity contribution < 1.29 is 13.9 Å². The monoisotopic (exact) mass is 383 g/mol. The van der Waals surface area contributed by atoms with E-state index in [-0.39, 0.29) is 25.6 Å². The highest BCUT2D eigenvalue weighted by Gasteiger charge is 2.18. The zero-order chi connectivity index (χ0) is 17.6. The van der Waals surface area contributed by atoms with Gasteiger partial charge >= 0.3 is 0 Å². The van der Waals surface area contributed by atoms with E-state index in [1.165, 1.54) is 0 Å². The molecule has 1 fully saturated rings. The molecule has 0 amide bonds. The maximum atomic E-state index is 12.5. The number of morpholine rings is 1. The van der Waals surface area contributed by atoms with Crippen LogP contribution in [0.1, 0.15) is 0 Å². The van der Waals surface area contributed by atoms with E-state index in [1.807, 2.05) is 31.3 Å². The fourth-order valence-electron chi connectivity index (χ4n) is 2.55. The maximum Gasteiger partial charge on any atom is 0.224 e. The van der Waals surface area contributed by atoms with Crippen molar-refractivity contribution in [1.29, 1.82) is 0 Å². The highest BCUT2D eigenvalue weighted by Crippen LogP contribution is 2.23. The summed E-state index contributed by atoms with van der Waals surface area (Å²) in [6, 6.07) is 7.39. The van der Waals surface area contributed by atoms with E-state index < -0.39 is 0 Å². The van der Waals surface area contributed by atoms with Gasteiger partial charge in [-0.25, -0.2) is 9.07 Å². The van der Waals surface area contributed by atoms with Crippen LogP contribution in [0.3, 0.4) is 0 Å². The number of nitrogens with zero attached hydrogens (tertiary/aromatic N) is 4. The Morgan fingerprint density at radius 2 is 2.00 bits per heavy atom. The van der Waals surface area contributed by atoms with E-state index in [9.17, 15) is 4.39 Å². The van der Waals surface area contributed by atoms with E-state index >= 15 is 0 Å². The molecule has 0 saturated carbocycles. The van der Waals surface area contributed by atoms with Crippen molar-refractivity contribution in [1.82, 2.24) is 14.8 Å². The lowest BCUT2D eigenvalue weighted by atomic mass is 10.2. The number of nitrogens with two attached hydrogens (primary N) is 1. The van der Waals surface area contributed by atoms with Crippen LogP contribution in [-0.4, -0.2) is 54.2 Å². The number of aryl methyl sites for hydroxylation is 1. The van der Waals surface area contributed by atoms with Gasteiger partial charge in [0.05, 0.1) is 19.5 Å². The number of rotatable bonds is 6. The Bertz CT molecular complexity index is 729. The van der Waals surface area contributed by atoms with Gasteiger partial charge in [-0.15, -0.1) is 17.5 Å². The summed E-state index contributed by atoms with van der Waals surface area (Å²) in [5.74, 6) is 2.13. The Labute approximate surface area is 158 Å². The van der Waals surface area contributed by atoms with Gasteiger partial charge in [-0.05, 0) is 24.3 Å². The molecule has 1 saturated heterocycles. The molecule has 2 N–H and O–H groups in total. The summed E-state index contributed by atoms with van der Waals surface area (Å²) in [5, 5.41) is 4.49. The lowest BCUT2D eigenvalue weighted by molar-refractivity contribution is 0.121. The van der Waals surface area contributed by atoms with Crippen LogP contribution in [0.15, 0.2) is 36.2 Å². The van der Waals surface area contributed by atoms with Crippen LogP contribution in [0.5, 0.6) is 5.75 Å². The molecule has 0 unspecified atom stereocenters. The first-order valence-corrected chi connectivity index (χ1v) is 8.16. The lowest BCUT2D eigenvalue weighted by Gasteiger charge is -2.26. The molecule has 9 heteroatoms. The molecule has 0 bridgehead atoms. The summed E-state index contributed by atoms with van der Waals surface area (Å²) in [4.78, 5) is 6.80. The minimum atomic E-state index is 0. The van der Waals surface area contributed by atoms with Gasteiger partial charge in [0.25, 0.3) is 0 Å². The minimum absolute atomic E-state index is 0. The predicted octanol–water partition coefficient (Wildman–Crippen LogP) is 1.93. The molecule has 2 heterocycles. The molecule has 1 aliphatic rings. The van der Waals surface area contributed by atoms with E-state index in [2.05, 4.69) is 15.0 Å². The molecule has 0 aliphatic carbocycles. The predicted molar refractivity (Wildman–Crippen MR) is 100 cm³/mol. The average molecular weight is 384 g/mol. The van der Waals surface area contributed by atoms with Crippen LogP contribution in [-0.2, 0) is 11.8 Å². The third-order valence-corrected chi connectivity index (χ3v) is 3.99. The first kappa shape index (κ1) is 20.2. The zero-order valence-corrected chi connectivity index (χ0v) is 15.4. The molecule has 26 heavy (non-hydrogen) atoms. The number of anilines is 1. The second-order valence-corrected chi connectivity index (χ2v) is 5.74. The van der Waals surface area contributed by atoms with Crippen molar-refractivity contribution >= 4 is 18.4 Å². The average Bonchev–Trinajstić information content (AvgIpc) is 3.05. The summed E-state index contributed by atoms with van der Waals surface area (Å²) in [6.45, 7) is 3.29. The topological polar surface area (TPSA) is 78.4 Å². The number of halogens is 2. The van der Waals surface area contributed by atoms with Crippen LogP contribution >= 0.6 is 12.4 Å². The van der Waals surface area contributed by atoms with Crippen LogP contribution in [0.2, 0.25) is 0 Å². The van der Waals surface area contributed by atoms with Gasteiger partial charge in [0.2, 0.25) is 5.95 Å². The number of hydrogen-bond acceptors (Lipinski definition) is 6. The van der Waals surface area contributed by atoms with Crippen LogP contribution in [0.25, 0.3) is 11.4 Å². The van der Waals surface area contributed by atoms with Gasteiger partial charge in [-0.1, -0.05) is 0 Å². The van der Waals surface area contributed by atoms with Crippen LogP contribution in [0.4, 0.5) is 10.3 Å². The smallest absolute Gasteiger partial charge is 0.224 e. The molecule has 142 valence electrons. The molecule has 3 rings (SSSR count). The maximum absolute atomic E-state index is 12.5. The molecule has 7 nitrogen and oxygen atoms in total. The zero-order valence-electron chi connectivity index (χ0n) is 14.6. The van der Waals surface area contributed by atoms with Crippen molar-refractivity contribution in [3.63, 3.8) is 0 Å². The fourth-order valence-corrected chi connectivity index (χ4v) is 2.55. The van der Waals surface area contributed by atoms with Crippen molar-refractivity contribution in [2.24, 2.45) is 12.8 Å². The first-order valence-electron chi connectivity index (χ1n) is 8.16. The molecule has 0 spiro atoms. The van der Waals surface area contributed by atoms with Gasteiger partial charge in [-0.2, -0.15) is 4.98 Å². The Hall–Kier alpha value is -2.16. The Balaban J connectivity index is 0.00000243. The molecule has 1 aliphatic heterocycles. The Kier molecular flexibility index (Phi) is 7.38. The van der Waals surface area contributed by atoms with Crippen molar-refractivity contribution in [3.8, 4) is 17.1 Å². The van der Waals surface area contributed by atoms with Gasteiger partial charge in [0.15, 0.2) is 5.82 Å². The van der Waals surface area contributed by atoms with Crippen molar-refractivity contribution in [3.05, 3.63) is 36.2 Å². The largest absolute Gasteiger partial charge is 0.489 e. The third kappa shape index (κ3) is 4.72. The van der Waals surface area contributed by atoms with Gasteiger partial charge < -0.3 is 20.1 Å². The van der Waals surface area contributed by atoms with Gasteiger partial charge in [-0.3, -0.25) is 0 Å². The van der Waals surface area contributed by atoms with Gasteiger partial charge in [0, 0.05) is 37.8 Å². The normalized spacial score (nSPS) is 14.9. The number of benzene rings is 1.